The summed E-state index contributed by atoms with van der Waals surface area (Å²) in [5.41, 5.74) is -3.54. The molecule has 0 aliphatic rings. The maximum absolute atomic E-state index is 11.6. The van der Waals surface area contributed by atoms with Crippen LogP contribution >= 0.6 is 0 Å². The number of amides is 1. The molecule has 29 nitrogen and oxygen atoms in total. The van der Waals surface area contributed by atoms with Crippen LogP contribution in [0.4, 0.5) is 0 Å². The quantitative estimate of drug-likeness (QED) is 0.0455. The lowest BCUT2D eigenvalue weighted by Gasteiger charge is -2.19. The Bertz CT molecular complexity index is 2610. The summed E-state index contributed by atoms with van der Waals surface area (Å²) in [5.74, 6) is -5.68. The molecule has 0 heterocycles. The van der Waals surface area contributed by atoms with Gasteiger partial charge in [0.15, 0.2) is 60.4 Å². The zero-order chi connectivity index (χ0) is 81.6. The lowest BCUT2D eigenvalue weighted by atomic mass is 9.88. The molecule has 3 atom stereocenters. The van der Waals surface area contributed by atoms with E-state index in [1.54, 1.807) is 118 Å². The SMILES string of the molecule is CC(=O)C(C)OC(=O)C(C)(C)C.CC(=O)C(C)OC(=O)CCCC(=O)C(C)(C)C.CC(=O)C(C)OC(=O)COC(=O)C(C)(C)C.CC(=O)COC(=O)CNC(=O)C(C)(C)C.CC(=O)COC(=O)COC(=O)C(C)(C)C.CC(=O)OCCCC(=O)C(C)(C)C.CC(=O)OCCOC(=O)C(C)(C)C. The Hall–Kier alpha value is -8.14. The molecule has 0 aliphatic carbocycles. The van der Waals surface area contributed by atoms with E-state index in [9.17, 15) is 86.3 Å². The molecule has 1 amide bonds. The van der Waals surface area contributed by atoms with Gasteiger partial charge in [-0.25, -0.2) is 9.59 Å². The van der Waals surface area contributed by atoms with Crippen molar-refractivity contribution in [2.75, 3.05) is 52.8 Å². The largest absolute Gasteiger partial charge is 0.466 e. The van der Waals surface area contributed by atoms with Crippen LogP contribution in [-0.2, 0) is 134 Å². The maximum Gasteiger partial charge on any atom is 0.344 e. The molecule has 0 fully saturated rings. The van der Waals surface area contributed by atoms with Crippen LogP contribution in [0, 0.1) is 37.9 Å². The fraction of sp³-hybridized carbons (Fsp3) is 0.750. The molecule has 0 saturated carbocycles. The highest BCUT2D eigenvalue weighted by molar-refractivity contribution is 5.88. The molecule has 0 aliphatic heterocycles. The minimum absolute atomic E-state index is 0.121. The summed E-state index contributed by atoms with van der Waals surface area (Å²) >= 11 is 0. The molecule has 584 valence electrons. The van der Waals surface area contributed by atoms with Gasteiger partial charge in [0.05, 0.1) is 28.3 Å². The van der Waals surface area contributed by atoms with Gasteiger partial charge in [-0.05, 0) is 151 Å². The highest BCUT2D eigenvalue weighted by Crippen LogP contribution is 2.21. The monoisotopic (exact) mass is 1450 g/mol. The summed E-state index contributed by atoms with van der Waals surface area (Å²) in [6.07, 6.45) is -0.00297. The number of carbonyl (C=O) groups is 18. The Kier molecular flexibility index (Phi) is 54.6. The van der Waals surface area contributed by atoms with Gasteiger partial charge in [-0.3, -0.25) is 76.7 Å². The predicted octanol–water partition coefficient (Wildman–Crippen LogP) is 9.01. The number of esters is 10. The summed E-state index contributed by atoms with van der Waals surface area (Å²) in [6.45, 7) is 50.0. The number of Topliss-reactive ketones (excluding diaryl/α,β-unsaturated/α-hetero) is 7. The van der Waals surface area contributed by atoms with E-state index in [-0.39, 0.29) is 120 Å². The number of hydrogen-bond donors (Lipinski definition) is 1. The topological polar surface area (TPSA) is 412 Å². The van der Waals surface area contributed by atoms with Crippen molar-refractivity contribution >= 4 is 106 Å². The number of rotatable bonds is 27. The molecule has 3 unspecified atom stereocenters. The number of nitrogens with one attached hydrogen (secondary N) is 1. The molecule has 1 N–H and O–H groups in total. The number of ketones is 7. The average Bonchev–Trinajstić information content (AvgIpc) is 0.938. The lowest BCUT2D eigenvalue weighted by molar-refractivity contribution is -0.167. The summed E-state index contributed by atoms with van der Waals surface area (Å²) in [6, 6.07) is 0. The first-order valence-corrected chi connectivity index (χ1v) is 32.7. The van der Waals surface area contributed by atoms with Crippen molar-refractivity contribution in [2.24, 2.45) is 37.9 Å². The number of carbonyl (C=O) groups excluding carboxylic acids is 18. The zero-order valence-electron chi connectivity index (χ0n) is 66.4. The van der Waals surface area contributed by atoms with Gasteiger partial charge in [-0.1, -0.05) is 62.3 Å². The van der Waals surface area contributed by atoms with Gasteiger partial charge in [0, 0.05) is 49.4 Å². The third-order valence-corrected chi connectivity index (χ3v) is 11.6. The van der Waals surface area contributed by atoms with Gasteiger partial charge in [-0.2, -0.15) is 0 Å². The summed E-state index contributed by atoms with van der Waals surface area (Å²) in [5, 5.41) is 2.42. The van der Waals surface area contributed by atoms with E-state index in [0.29, 0.717) is 32.3 Å². The van der Waals surface area contributed by atoms with Crippen molar-refractivity contribution in [3.05, 3.63) is 0 Å². The first-order valence-electron chi connectivity index (χ1n) is 32.7. The van der Waals surface area contributed by atoms with E-state index in [0.717, 1.165) is 0 Å². The first kappa shape index (κ1) is 106. The average molecular weight is 1450 g/mol. The van der Waals surface area contributed by atoms with Crippen molar-refractivity contribution < 1.29 is 134 Å². The van der Waals surface area contributed by atoms with Crippen LogP contribution in [0.15, 0.2) is 0 Å². The van der Waals surface area contributed by atoms with Crippen LogP contribution in [-0.4, -0.2) is 177 Å². The summed E-state index contributed by atoms with van der Waals surface area (Å²) in [4.78, 5) is 197. The molecule has 0 bridgehead atoms. The minimum Gasteiger partial charge on any atom is -0.466 e. The maximum atomic E-state index is 11.6. The van der Waals surface area contributed by atoms with Crippen molar-refractivity contribution in [2.45, 2.75) is 265 Å². The van der Waals surface area contributed by atoms with Gasteiger partial charge in [0.1, 0.15) is 44.5 Å². The molecular formula is C72H123NO28. The number of hydrogen-bond acceptors (Lipinski definition) is 28. The second-order valence-corrected chi connectivity index (χ2v) is 30.1. The Morgan fingerprint density at radius 1 is 0.287 bits per heavy atom. The van der Waals surface area contributed by atoms with E-state index in [4.69, 9.17) is 28.4 Å². The molecule has 0 aromatic rings. The third kappa shape index (κ3) is 70.1. The summed E-state index contributed by atoms with van der Waals surface area (Å²) < 4.78 is 47.1. The standard InChI is InChI=1S/C13H22O4.C11H18O5.C10H17NO4.C10H16O5.C10H18O3.C9H16O4.C9H16O3/c1-9(14)10(2)17-12(16)8-6-7-11(15)13(3,4)5;1-7(12)8(2)16-9(13)6-15-10(14)11(3,4)5;1-7(12)6-15-8(13)5-11-9(14)10(2,3)4;1-7(11)5-14-8(12)6-15-9(13)10(2,3)4;1-8(11)13-7-5-6-9(12)10(2,3)4;1-7(10)12-5-6-13-8(11)9(2,3)4;1-6(10)7(2)12-8(11)9(3,4)5/h10H,6-8H2,1-5H3;8H,6H2,1-5H3;5-6H2,1-4H3,(H,11,14);5-6H2,1-4H3;5-7H2,1-4H3;5-6H2,1-4H3;7H,1-5H3. The van der Waals surface area contributed by atoms with Gasteiger partial charge in [0.2, 0.25) is 5.91 Å². The highest BCUT2D eigenvalue weighted by atomic mass is 16.6. The van der Waals surface area contributed by atoms with Gasteiger partial charge in [0.25, 0.3) is 0 Å². The Morgan fingerprint density at radius 2 is 0.594 bits per heavy atom. The summed E-state index contributed by atoms with van der Waals surface area (Å²) in [7, 11) is 0. The van der Waals surface area contributed by atoms with Crippen LogP contribution in [0.25, 0.3) is 0 Å². The molecule has 101 heavy (non-hydrogen) atoms. The van der Waals surface area contributed by atoms with Crippen LogP contribution in [0.2, 0.25) is 0 Å². The molecule has 0 radical (unpaired) electrons. The van der Waals surface area contributed by atoms with Gasteiger partial charge >= 0.3 is 59.7 Å². The first-order chi connectivity index (χ1) is 45.2. The van der Waals surface area contributed by atoms with E-state index in [1.807, 2.05) is 41.5 Å². The van der Waals surface area contributed by atoms with Crippen molar-refractivity contribution in [3.8, 4) is 0 Å². The third-order valence-electron chi connectivity index (χ3n) is 11.6. The van der Waals surface area contributed by atoms with E-state index in [1.165, 1.54) is 55.4 Å². The molecule has 0 aromatic carbocycles. The molecule has 29 heteroatoms. The molecule has 0 aromatic heterocycles. The highest BCUT2D eigenvalue weighted by Gasteiger charge is 2.29. The fourth-order valence-corrected chi connectivity index (χ4v) is 4.76. The normalized spacial score (nSPS) is 11.8. The Balaban J connectivity index is -0.000000205. The molecule has 0 saturated heterocycles. The predicted molar refractivity (Wildman–Crippen MR) is 370 cm³/mol. The Morgan fingerprint density at radius 3 is 0.921 bits per heavy atom. The van der Waals surface area contributed by atoms with Crippen molar-refractivity contribution in [1.82, 2.24) is 5.32 Å². The van der Waals surface area contributed by atoms with Crippen molar-refractivity contribution in [1.29, 1.82) is 0 Å². The van der Waals surface area contributed by atoms with E-state index >= 15 is 0 Å². The van der Waals surface area contributed by atoms with Crippen LogP contribution in [0.1, 0.15) is 247 Å². The Labute approximate surface area is 598 Å². The van der Waals surface area contributed by atoms with Gasteiger partial charge < -0.3 is 52.7 Å². The van der Waals surface area contributed by atoms with Crippen LogP contribution < -0.4 is 5.32 Å². The second kappa shape index (κ2) is 51.9. The van der Waals surface area contributed by atoms with E-state index in [2.05, 4.69) is 24.3 Å². The fourth-order valence-electron chi connectivity index (χ4n) is 4.76. The molecular weight excluding hydrogens is 1330 g/mol. The molecule has 0 spiro atoms. The smallest absolute Gasteiger partial charge is 0.344 e. The van der Waals surface area contributed by atoms with Crippen LogP contribution in [0.5, 0.6) is 0 Å². The van der Waals surface area contributed by atoms with E-state index < -0.39 is 94.4 Å². The van der Waals surface area contributed by atoms with Crippen molar-refractivity contribution in [3.63, 3.8) is 0 Å². The zero-order valence-corrected chi connectivity index (χ0v) is 66.4. The number of ether oxygens (including phenoxy) is 10. The molecule has 0 rings (SSSR count). The lowest BCUT2D eigenvalue weighted by Crippen LogP contribution is -2.38. The van der Waals surface area contributed by atoms with Gasteiger partial charge in [-0.15, -0.1) is 0 Å². The minimum atomic E-state index is -0.805. The second-order valence-electron chi connectivity index (χ2n) is 30.1. The van der Waals surface area contributed by atoms with Crippen LogP contribution in [0.3, 0.4) is 0 Å².